The highest BCUT2D eigenvalue weighted by molar-refractivity contribution is 7.89. The Morgan fingerprint density at radius 3 is 2.57 bits per heavy atom. The standard InChI is InChI=1S/C21H27N3O5S/c1-14(2)13-24(15-3-4-15)21(26)18-12-20(25)22-19-6-5-16(11-17(18)19)30(27,28)23-7-9-29-10-8-23/h5-6,11-12,14-15H,3-4,7-10,13H2,1-2H3,(H,22,25). The van der Waals surface area contributed by atoms with Crippen molar-refractivity contribution in [3.05, 3.63) is 40.2 Å². The summed E-state index contributed by atoms with van der Waals surface area (Å²) in [6, 6.07) is 6.01. The van der Waals surface area contributed by atoms with E-state index in [4.69, 9.17) is 4.74 Å². The summed E-state index contributed by atoms with van der Waals surface area (Å²) in [6.07, 6.45) is 1.91. The topological polar surface area (TPSA) is 99.8 Å². The minimum atomic E-state index is -3.71. The van der Waals surface area contributed by atoms with Gasteiger partial charge in [-0.25, -0.2) is 8.42 Å². The molecule has 2 aromatic rings. The van der Waals surface area contributed by atoms with Crippen LogP contribution in [0, 0.1) is 5.92 Å². The number of hydrogen-bond donors (Lipinski definition) is 1. The van der Waals surface area contributed by atoms with Gasteiger partial charge in [0.2, 0.25) is 15.6 Å². The molecule has 1 saturated heterocycles. The number of sulfonamides is 1. The van der Waals surface area contributed by atoms with Crippen LogP contribution in [0.25, 0.3) is 10.9 Å². The second kappa shape index (κ2) is 8.13. The number of H-pyrrole nitrogens is 1. The number of aromatic nitrogens is 1. The molecular formula is C21H27N3O5S. The Balaban J connectivity index is 1.79. The molecule has 1 amide bonds. The lowest BCUT2D eigenvalue weighted by atomic mass is 10.1. The van der Waals surface area contributed by atoms with Crippen molar-refractivity contribution in [1.82, 2.24) is 14.2 Å². The van der Waals surface area contributed by atoms with Crippen molar-refractivity contribution < 1.29 is 17.9 Å². The summed E-state index contributed by atoms with van der Waals surface area (Å²) in [5.41, 5.74) is 0.322. The van der Waals surface area contributed by atoms with Crippen LogP contribution in [0.5, 0.6) is 0 Å². The van der Waals surface area contributed by atoms with Crippen molar-refractivity contribution in [2.75, 3.05) is 32.8 Å². The molecule has 1 aromatic heterocycles. The molecule has 30 heavy (non-hydrogen) atoms. The number of ether oxygens (including phenoxy) is 1. The fourth-order valence-electron chi connectivity index (χ4n) is 3.84. The number of carbonyl (C=O) groups excluding carboxylic acids is 1. The van der Waals surface area contributed by atoms with Crippen molar-refractivity contribution in [3.8, 4) is 0 Å². The summed E-state index contributed by atoms with van der Waals surface area (Å²) in [6.45, 7) is 5.99. The van der Waals surface area contributed by atoms with Crippen molar-refractivity contribution in [2.45, 2.75) is 37.6 Å². The first kappa shape index (κ1) is 21.0. The van der Waals surface area contributed by atoms with Gasteiger partial charge in [0.25, 0.3) is 5.91 Å². The number of hydrogen-bond acceptors (Lipinski definition) is 5. The monoisotopic (exact) mass is 433 g/mol. The Labute approximate surface area is 175 Å². The van der Waals surface area contributed by atoms with Crippen LogP contribution in [0.15, 0.2) is 34.0 Å². The Hall–Kier alpha value is -2.23. The molecule has 2 heterocycles. The molecule has 8 nitrogen and oxygen atoms in total. The number of pyridine rings is 1. The second-order valence-corrected chi connectivity index (χ2v) is 10.3. The van der Waals surface area contributed by atoms with E-state index in [1.807, 2.05) is 18.7 Å². The quantitative estimate of drug-likeness (QED) is 0.749. The van der Waals surface area contributed by atoms with E-state index in [0.29, 0.717) is 49.7 Å². The highest BCUT2D eigenvalue weighted by Crippen LogP contribution is 2.31. The van der Waals surface area contributed by atoms with Gasteiger partial charge in [-0.1, -0.05) is 13.8 Å². The SMILES string of the molecule is CC(C)CN(C(=O)c1cc(=O)[nH]c2ccc(S(=O)(=O)N3CCOCC3)cc12)C1CC1. The summed E-state index contributed by atoms with van der Waals surface area (Å²) in [5, 5.41) is 0.448. The maximum Gasteiger partial charge on any atom is 0.255 e. The fraction of sp³-hybridized carbons (Fsp3) is 0.524. The zero-order valence-corrected chi connectivity index (χ0v) is 18.1. The summed E-state index contributed by atoms with van der Waals surface area (Å²) in [5.74, 6) is 0.0725. The highest BCUT2D eigenvalue weighted by Gasteiger charge is 2.34. The summed E-state index contributed by atoms with van der Waals surface area (Å²) in [4.78, 5) is 30.2. The van der Waals surface area contributed by atoms with Gasteiger partial charge < -0.3 is 14.6 Å². The molecule has 2 fully saturated rings. The number of amides is 1. The van der Waals surface area contributed by atoms with Crippen LogP contribution >= 0.6 is 0 Å². The van der Waals surface area contributed by atoms with Gasteiger partial charge in [-0.15, -0.1) is 0 Å². The van der Waals surface area contributed by atoms with E-state index in [1.165, 1.54) is 22.5 Å². The molecule has 0 radical (unpaired) electrons. The van der Waals surface area contributed by atoms with Crippen LogP contribution in [0.3, 0.4) is 0 Å². The zero-order valence-electron chi connectivity index (χ0n) is 17.3. The Bertz CT molecular complexity index is 1120. The summed E-state index contributed by atoms with van der Waals surface area (Å²) in [7, 11) is -3.71. The molecule has 1 saturated carbocycles. The number of fused-ring (bicyclic) bond motifs is 1. The van der Waals surface area contributed by atoms with Gasteiger partial charge in [0.1, 0.15) is 0 Å². The average Bonchev–Trinajstić information content (AvgIpc) is 3.56. The molecule has 4 rings (SSSR count). The minimum Gasteiger partial charge on any atom is -0.379 e. The predicted molar refractivity (Wildman–Crippen MR) is 113 cm³/mol. The second-order valence-electron chi connectivity index (χ2n) is 8.35. The molecule has 1 N–H and O–H groups in total. The van der Waals surface area contributed by atoms with Crippen LogP contribution in [0.2, 0.25) is 0 Å². The van der Waals surface area contributed by atoms with E-state index in [0.717, 1.165) is 12.8 Å². The molecule has 1 aliphatic heterocycles. The third kappa shape index (κ3) is 4.14. The third-order valence-electron chi connectivity index (χ3n) is 5.46. The molecule has 9 heteroatoms. The van der Waals surface area contributed by atoms with Gasteiger partial charge in [-0.05, 0) is 37.0 Å². The number of morpholine rings is 1. The fourth-order valence-corrected chi connectivity index (χ4v) is 5.27. The Morgan fingerprint density at radius 2 is 1.93 bits per heavy atom. The van der Waals surface area contributed by atoms with Crippen LogP contribution in [-0.4, -0.2) is 67.4 Å². The molecule has 2 aliphatic rings. The van der Waals surface area contributed by atoms with E-state index >= 15 is 0 Å². The minimum absolute atomic E-state index is 0.111. The van der Waals surface area contributed by atoms with E-state index in [9.17, 15) is 18.0 Å². The van der Waals surface area contributed by atoms with Crippen LogP contribution in [0.4, 0.5) is 0 Å². The maximum absolute atomic E-state index is 13.4. The van der Waals surface area contributed by atoms with Crippen molar-refractivity contribution in [2.24, 2.45) is 5.92 Å². The molecule has 0 unspecified atom stereocenters. The Morgan fingerprint density at radius 1 is 1.23 bits per heavy atom. The van der Waals surface area contributed by atoms with Crippen LogP contribution < -0.4 is 5.56 Å². The average molecular weight is 434 g/mol. The first-order chi connectivity index (χ1) is 14.3. The zero-order chi connectivity index (χ0) is 21.5. The van der Waals surface area contributed by atoms with Crippen molar-refractivity contribution in [3.63, 3.8) is 0 Å². The van der Waals surface area contributed by atoms with Crippen LogP contribution in [-0.2, 0) is 14.8 Å². The van der Waals surface area contributed by atoms with Gasteiger partial charge in [0, 0.05) is 42.6 Å². The lowest BCUT2D eigenvalue weighted by Gasteiger charge is -2.26. The van der Waals surface area contributed by atoms with Crippen molar-refractivity contribution in [1.29, 1.82) is 0 Å². The Kier molecular flexibility index (Phi) is 5.69. The largest absolute Gasteiger partial charge is 0.379 e. The molecule has 0 atom stereocenters. The lowest BCUT2D eigenvalue weighted by molar-refractivity contribution is 0.0724. The first-order valence-corrected chi connectivity index (χ1v) is 11.8. The number of benzene rings is 1. The molecule has 0 spiro atoms. The van der Waals surface area contributed by atoms with Gasteiger partial charge in [0.15, 0.2) is 0 Å². The van der Waals surface area contributed by atoms with Crippen LogP contribution in [0.1, 0.15) is 37.0 Å². The number of aromatic amines is 1. The number of rotatable bonds is 6. The summed E-state index contributed by atoms with van der Waals surface area (Å²) < 4.78 is 32.8. The van der Waals surface area contributed by atoms with Gasteiger partial charge in [-0.3, -0.25) is 9.59 Å². The normalized spacial score (nSPS) is 18.1. The van der Waals surface area contributed by atoms with Crippen molar-refractivity contribution >= 4 is 26.8 Å². The molecule has 1 aromatic carbocycles. The first-order valence-electron chi connectivity index (χ1n) is 10.3. The molecular weight excluding hydrogens is 406 g/mol. The van der Waals surface area contributed by atoms with E-state index in [-0.39, 0.29) is 28.0 Å². The number of carbonyl (C=O) groups is 1. The van der Waals surface area contributed by atoms with E-state index < -0.39 is 10.0 Å². The summed E-state index contributed by atoms with van der Waals surface area (Å²) >= 11 is 0. The molecule has 0 bridgehead atoms. The van der Waals surface area contributed by atoms with Gasteiger partial charge in [0.05, 0.1) is 23.7 Å². The number of nitrogens with zero attached hydrogens (tertiary/aromatic N) is 2. The molecule has 1 aliphatic carbocycles. The van der Waals surface area contributed by atoms with Gasteiger partial charge in [-0.2, -0.15) is 4.31 Å². The third-order valence-corrected chi connectivity index (χ3v) is 7.36. The number of nitrogens with one attached hydrogen (secondary N) is 1. The lowest BCUT2D eigenvalue weighted by Crippen LogP contribution is -2.40. The van der Waals surface area contributed by atoms with E-state index in [1.54, 1.807) is 6.07 Å². The maximum atomic E-state index is 13.4. The highest BCUT2D eigenvalue weighted by atomic mass is 32.2. The van der Waals surface area contributed by atoms with Gasteiger partial charge >= 0.3 is 0 Å². The molecule has 162 valence electrons. The smallest absolute Gasteiger partial charge is 0.255 e. The van der Waals surface area contributed by atoms with E-state index in [2.05, 4.69) is 4.98 Å². The predicted octanol–water partition coefficient (Wildman–Crippen LogP) is 1.81.